The van der Waals surface area contributed by atoms with Crippen molar-refractivity contribution >= 4 is 21.6 Å². The summed E-state index contributed by atoms with van der Waals surface area (Å²) >= 11 is 3.43. The van der Waals surface area contributed by atoms with Gasteiger partial charge in [0.05, 0.1) is 12.7 Å². The smallest absolute Gasteiger partial charge is 0.133 e. The van der Waals surface area contributed by atoms with E-state index >= 15 is 0 Å². The van der Waals surface area contributed by atoms with Crippen molar-refractivity contribution < 1.29 is 4.39 Å². The molecule has 0 aliphatic heterocycles. The predicted octanol–water partition coefficient (Wildman–Crippen LogP) is 5.41. The minimum absolute atomic E-state index is 0.246. The molecule has 0 saturated heterocycles. The van der Waals surface area contributed by atoms with Gasteiger partial charge in [0, 0.05) is 40.6 Å². The fourth-order valence-electron chi connectivity index (χ4n) is 3.07. The number of hydrogen-bond donors (Lipinski definition) is 1. The van der Waals surface area contributed by atoms with Gasteiger partial charge in [0.15, 0.2) is 0 Å². The van der Waals surface area contributed by atoms with Crippen molar-refractivity contribution in [1.29, 1.82) is 0 Å². The van der Waals surface area contributed by atoms with Crippen LogP contribution in [0.1, 0.15) is 19.4 Å². The lowest BCUT2D eigenvalue weighted by atomic mass is 10.1. The van der Waals surface area contributed by atoms with Crippen LogP contribution < -0.4 is 5.32 Å². The Kier molecular flexibility index (Phi) is 7.23. The number of nitrogens with one attached hydrogen (secondary N) is 1. The highest BCUT2D eigenvalue weighted by molar-refractivity contribution is 9.10. The van der Waals surface area contributed by atoms with Crippen LogP contribution in [0, 0.1) is 5.82 Å². The summed E-state index contributed by atoms with van der Waals surface area (Å²) in [6.45, 7) is 8.74. The Labute approximate surface area is 174 Å². The fraction of sp³-hybridized carbons (Fsp3) is 0.318. The Morgan fingerprint density at radius 3 is 2.54 bits per heavy atom. The zero-order chi connectivity index (χ0) is 19.9. The van der Waals surface area contributed by atoms with Gasteiger partial charge in [-0.25, -0.2) is 4.39 Å². The topological polar surface area (TPSA) is 33.1 Å². The number of nitrogens with zero attached hydrogens (tertiary/aromatic N) is 3. The second-order valence-electron chi connectivity index (χ2n) is 6.69. The van der Waals surface area contributed by atoms with E-state index in [9.17, 15) is 4.39 Å². The summed E-state index contributed by atoms with van der Waals surface area (Å²) in [4.78, 5) is 2.34. The zero-order valence-corrected chi connectivity index (χ0v) is 17.9. The van der Waals surface area contributed by atoms with Crippen molar-refractivity contribution in [2.75, 3.05) is 25.0 Å². The molecule has 0 fully saturated rings. The highest BCUT2D eigenvalue weighted by Gasteiger charge is 2.09. The molecule has 1 heterocycles. The third-order valence-corrected chi connectivity index (χ3v) is 5.39. The molecule has 0 unspecified atom stereocenters. The second-order valence-corrected chi connectivity index (χ2v) is 7.61. The molecule has 0 aliphatic rings. The van der Waals surface area contributed by atoms with Gasteiger partial charge in [-0.1, -0.05) is 41.9 Å². The van der Waals surface area contributed by atoms with Crippen molar-refractivity contribution in [3.63, 3.8) is 0 Å². The summed E-state index contributed by atoms with van der Waals surface area (Å²) in [5, 5.41) is 7.65. The Morgan fingerprint density at radius 1 is 1.11 bits per heavy atom. The summed E-state index contributed by atoms with van der Waals surface area (Å²) in [5.74, 6) is -0.246. The van der Waals surface area contributed by atoms with E-state index in [-0.39, 0.29) is 5.82 Å². The number of halogens is 2. The lowest BCUT2D eigenvalue weighted by Crippen LogP contribution is -2.27. The summed E-state index contributed by atoms with van der Waals surface area (Å²) < 4.78 is 17.6. The van der Waals surface area contributed by atoms with E-state index in [1.807, 2.05) is 47.3 Å². The number of aromatic nitrogens is 2. The van der Waals surface area contributed by atoms with Crippen LogP contribution in [-0.2, 0) is 13.1 Å². The highest BCUT2D eigenvalue weighted by Crippen LogP contribution is 2.25. The maximum absolute atomic E-state index is 14.7. The SMILES string of the molecule is CCN(CC)CCn1cc(-c2ccc(NCc3ccc(Br)cc3)cc2F)cn1. The van der Waals surface area contributed by atoms with Crippen LogP contribution in [0.15, 0.2) is 59.3 Å². The van der Waals surface area contributed by atoms with Gasteiger partial charge in [-0.15, -0.1) is 0 Å². The molecule has 0 saturated carbocycles. The van der Waals surface area contributed by atoms with Crippen LogP contribution in [0.3, 0.4) is 0 Å². The molecular formula is C22H26BrFN4. The quantitative estimate of drug-likeness (QED) is 0.479. The van der Waals surface area contributed by atoms with Gasteiger partial charge < -0.3 is 10.2 Å². The minimum atomic E-state index is -0.246. The molecule has 0 atom stereocenters. The summed E-state index contributed by atoms with van der Waals surface area (Å²) in [6.07, 6.45) is 3.65. The lowest BCUT2D eigenvalue weighted by molar-refractivity contribution is 0.285. The molecule has 28 heavy (non-hydrogen) atoms. The average Bonchev–Trinajstić information content (AvgIpc) is 3.17. The fourth-order valence-corrected chi connectivity index (χ4v) is 3.34. The molecule has 4 nitrogen and oxygen atoms in total. The Morgan fingerprint density at radius 2 is 1.86 bits per heavy atom. The van der Waals surface area contributed by atoms with Crippen LogP contribution in [0.25, 0.3) is 11.1 Å². The third kappa shape index (κ3) is 5.42. The van der Waals surface area contributed by atoms with Crippen molar-refractivity contribution in [1.82, 2.24) is 14.7 Å². The van der Waals surface area contributed by atoms with Crippen LogP contribution >= 0.6 is 15.9 Å². The van der Waals surface area contributed by atoms with Crippen molar-refractivity contribution in [3.8, 4) is 11.1 Å². The van der Waals surface area contributed by atoms with Crippen molar-refractivity contribution in [3.05, 3.63) is 70.7 Å². The summed E-state index contributed by atoms with van der Waals surface area (Å²) in [7, 11) is 0. The molecule has 6 heteroatoms. The number of hydrogen-bond acceptors (Lipinski definition) is 3. The Bertz CT molecular complexity index is 888. The van der Waals surface area contributed by atoms with E-state index in [1.54, 1.807) is 12.3 Å². The number of anilines is 1. The standard InChI is InChI=1S/C22H26BrFN4/c1-3-27(4-2)11-12-28-16-18(15-26-28)21-10-9-20(13-22(21)24)25-14-17-5-7-19(23)8-6-17/h5-10,13,15-16,25H,3-4,11-12,14H2,1-2H3. The van der Waals surface area contributed by atoms with Gasteiger partial charge in [0.25, 0.3) is 0 Å². The van der Waals surface area contributed by atoms with Gasteiger partial charge in [0.1, 0.15) is 5.82 Å². The van der Waals surface area contributed by atoms with Crippen LogP contribution in [0.5, 0.6) is 0 Å². The number of benzene rings is 2. The average molecular weight is 445 g/mol. The van der Waals surface area contributed by atoms with E-state index in [1.165, 1.54) is 0 Å². The largest absolute Gasteiger partial charge is 0.381 e. The maximum atomic E-state index is 14.7. The first kappa shape index (κ1) is 20.6. The molecule has 1 aromatic heterocycles. The molecule has 0 spiro atoms. The molecule has 0 aliphatic carbocycles. The van der Waals surface area contributed by atoms with E-state index in [2.05, 4.69) is 45.1 Å². The molecular weight excluding hydrogens is 419 g/mol. The van der Waals surface area contributed by atoms with E-state index in [0.29, 0.717) is 12.1 Å². The normalized spacial score (nSPS) is 11.2. The minimum Gasteiger partial charge on any atom is -0.381 e. The van der Waals surface area contributed by atoms with Gasteiger partial charge >= 0.3 is 0 Å². The first-order valence-electron chi connectivity index (χ1n) is 9.62. The maximum Gasteiger partial charge on any atom is 0.133 e. The van der Waals surface area contributed by atoms with Crippen molar-refractivity contribution in [2.24, 2.45) is 0 Å². The molecule has 148 valence electrons. The Hall–Kier alpha value is -2.18. The molecule has 3 rings (SSSR count). The van der Waals surface area contributed by atoms with Crippen LogP contribution in [-0.4, -0.2) is 34.3 Å². The second kappa shape index (κ2) is 9.85. The lowest BCUT2D eigenvalue weighted by Gasteiger charge is -2.17. The molecule has 3 aromatic rings. The number of likely N-dealkylation sites (N-methyl/N-ethyl adjacent to an activating group) is 1. The monoisotopic (exact) mass is 444 g/mol. The van der Waals surface area contributed by atoms with Gasteiger partial charge in [-0.2, -0.15) is 5.10 Å². The van der Waals surface area contributed by atoms with E-state index in [4.69, 9.17) is 0 Å². The molecule has 0 radical (unpaired) electrons. The zero-order valence-electron chi connectivity index (χ0n) is 16.3. The van der Waals surface area contributed by atoms with Crippen molar-refractivity contribution in [2.45, 2.75) is 26.9 Å². The predicted molar refractivity (Wildman–Crippen MR) is 117 cm³/mol. The van der Waals surface area contributed by atoms with Gasteiger partial charge in [0.2, 0.25) is 0 Å². The summed E-state index contributed by atoms with van der Waals surface area (Å²) in [6, 6.07) is 13.3. The first-order valence-corrected chi connectivity index (χ1v) is 10.4. The molecule has 2 aromatic carbocycles. The van der Waals surface area contributed by atoms with E-state index in [0.717, 1.165) is 47.5 Å². The third-order valence-electron chi connectivity index (χ3n) is 4.86. The molecule has 1 N–H and O–H groups in total. The van der Waals surface area contributed by atoms with Crippen LogP contribution in [0.4, 0.5) is 10.1 Å². The van der Waals surface area contributed by atoms with Gasteiger partial charge in [-0.05, 0) is 49.0 Å². The Balaban J connectivity index is 1.63. The molecule has 0 amide bonds. The van der Waals surface area contributed by atoms with Crippen LogP contribution in [0.2, 0.25) is 0 Å². The first-order chi connectivity index (χ1) is 13.6. The van der Waals surface area contributed by atoms with Gasteiger partial charge in [-0.3, -0.25) is 4.68 Å². The number of rotatable bonds is 9. The van der Waals surface area contributed by atoms with E-state index < -0.39 is 0 Å². The molecule has 0 bridgehead atoms. The summed E-state index contributed by atoms with van der Waals surface area (Å²) in [5.41, 5.74) is 3.28. The highest BCUT2D eigenvalue weighted by atomic mass is 79.9.